The first-order valence-electron chi connectivity index (χ1n) is 8.91. The molecule has 9 heteroatoms. The van der Waals surface area contributed by atoms with Crippen LogP contribution in [-0.4, -0.2) is 70.1 Å². The van der Waals surface area contributed by atoms with Gasteiger partial charge in [-0.05, 0) is 18.6 Å². The maximum absolute atomic E-state index is 12.5. The number of likely N-dealkylation sites (tertiary alicyclic amines) is 1. The van der Waals surface area contributed by atoms with Crippen LogP contribution < -0.4 is 15.4 Å². The molecule has 1 atom stereocenters. The van der Waals surface area contributed by atoms with Crippen molar-refractivity contribution in [2.24, 2.45) is 4.99 Å². The Morgan fingerprint density at radius 3 is 2.85 bits per heavy atom. The van der Waals surface area contributed by atoms with Gasteiger partial charge in [-0.25, -0.2) is 0 Å². The molecule has 1 unspecified atom stereocenters. The van der Waals surface area contributed by atoms with Gasteiger partial charge in [-0.1, -0.05) is 6.07 Å². The molecule has 2 rings (SSSR count). The Hall–Kier alpha value is -2.00. The van der Waals surface area contributed by atoms with E-state index in [2.05, 4.69) is 15.6 Å². The largest absolute Gasteiger partial charge is 0.493 e. The van der Waals surface area contributed by atoms with Crippen LogP contribution in [0.25, 0.3) is 0 Å². The van der Waals surface area contributed by atoms with Crippen molar-refractivity contribution in [1.82, 2.24) is 10.2 Å². The average Bonchev–Trinajstić information content (AvgIpc) is 3.03. The lowest BCUT2D eigenvalue weighted by Gasteiger charge is -2.20. The summed E-state index contributed by atoms with van der Waals surface area (Å²) in [7, 11) is 3.28. The molecule has 0 spiro atoms. The Morgan fingerprint density at radius 2 is 2.15 bits per heavy atom. The third kappa shape index (κ3) is 8.04. The van der Waals surface area contributed by atoms with Gasteiger partial charge in [0, 0.05) is 58.1 Å². The molecule has 1 aliphatic rings. The quantitative estimate of drug-likeness (QED) is 0.407. The highest BCUT2D eigenvalue weighted by Crippen LogP contribution is 2.20. The van der Waals surface area contributed by atoms with Crippen LogP contribution in [0.5, 0.6) is 5.75 Å². The molecule has 2 N–H and O–H groups in total. The molecule has 1 aromatic rings. The number of nitrogens with zero attached hydrogens (tertiary/aromatic N) is 2. The van der Waals surface area contributed by atoms with E-state index in [0.29, 0.717) is 38.7 Å². The zero-order chi connectivity index (χ0) is 19.7. The van der Waals surface area contributed by atoms with Gasteiger partial charge in [0.1, 0.15) is 5.75 Å². The number of nitrogens with one attached hydrogen (secondary N) is 2. The summed E-state index contributed by atoms with van der Waals surface area (Å²) in [4.78, 5) is 5.56. The molecule has 0 bridgehead atoms. The van der Waals surface area contributed by atoms with Crippen molar-refractivity contribution in [3.8, 4) is 5.75 Å². The fourth-order valence-electron chi connectivity index (χ4n) is 2.89. The molecule has 0 aromatic heterocycles. The number of hydrogen-bond donors (Lipinski definition) is 2. The molecule has 0 saturated carbocycles. The number of guanidine groups is 1. The fourth-order valence-corrected chi connectivity index (χ4v) is 2.89. The maximum atomic E-state index is 12.5. The molecule has 0 aliphatic carbocycles. The summed E-state index contributed by atoms with van der Waals surface area (Å²) in [6, 6.07) is 7.37. The van der Waals surface area contributed by atoms with E-state index in [9.17, 15) is 13.2 Å². The highest BCUT2D eigenvalue weighted by Gasteiger charge is 2.34. The third-order valence-electron chi connectivity index (χ3n) is 4.10. The van der Waals surface area contributed by atoms with E-state index >= 15 is 0 Å². The Labute approximate surface area is 157 Å². The first kappa shape index (κ1) is 21.3. The van der Waals surface area contributed by atoms with E-state index in [4.69, 9.17) is 9.47 Å². The van der Waals surface area contributed by atoms with E-state index < -0.39 is 12.7 Å². The molecular weight excluding hydrogens is 361 g/mol. The highest BCUT2D eigenvalue weighted by atomic mass is 19.4. The van der Waals surface area contributed by atoms with Crippen molar-refractivity contribution < 1.29 is 22.6 Å². The number of methoxy groups -OCH3 is 1. The second-order valence-electron chi connectivity index (χ2n) is 6.40. The second-order valence-corrected chi connectivity index (χ2v) is 6.40. The predicted molar refractivity (Wildman–Crippen MR) is 99.4 cm³/mol. The summed E-state index contributed by atoms with van der Waals surface area (Å²) in [6.45, 7) is 1.07. The summed E-state index contributed by atoms with van der Waals surface area (Å²) in [5, 5.41) is 6.34. The van der Waals surface area contributed by atoms with E-state index in [1.165, 1.54) is 4.90 Å². The zero-order valence-electron chi connectivity index (χ0n) is 15.7. The van der Waals surface area contributed by atoms with Gasteiger partial charge in [-0.2, -0.15) is 13.2 Å². The first-order valence-corrected chi connectivity index (χ1v) is 8.91. The van der Waals surface area contributed by atoms with Gasteiger partial charge in [-0.15, -0.1) is 0 Å². The van der Waals surface area contributed by atoms with Gasteiger partial charge in [0.2, 0.25) is 0 Å². The van der Waals surface area contributed by atoms with E-state index in [-0.39, 0.29) is 6.04 Å². The predicted octanol–water partition coefficient (Wildman–Crippen LogP) is 2.73. The van der Waals surface area contributed by atoms with E-state index in [1.54, 1.807) is 14.2 Å². The molecule has 152 valence electrons. The number of rotatable bonds is 8. The number of hydrogen-bond acceptors (Lipinski definition) is 4. The van der Waals surface area contributed by atoms with Crippen LogP contribution in [0.1, 0.15) is 12.8 Å². The molecular formula is C18H27F3N4O2. The summed E-state index contributed by atoms with van der Waals surface area (Å²) in [6.07, 6.45) is -2.73. The topological polar surface area (TPSA) is 58.1 Å². The summed E-state index contributed by atoms with van der Waals surface area (Å²) in [5.41, 5.74) is 0.789. The Balaban J connectivity index is 1.83. The minimum Gasteiger partial charge on any atom is -0.493 e. The van der Waals surface area contributed by atoms with Gasteiger partial charge < -0.3 is 20.1 Å². The number of ether oxygens (including phenoxy) is 2. The molecule has 6 nitrogen and oxygen atoms in total. The van der Waals surface area contributed by atoms with Crippen LogP contribution in [0, 0.1) is 0 Å². The van der Waals surface area contributed by atoms with Crippen molar-refractivity contribution in [1.29, 1.82) is 0 Å². The Kier molecular flexibility index (Phi) is 8.18. The zero-order valence-corrected chi connectivity index (χ0v) is 15.7. The van der Waals surface area contributed by atoms with E-state index in [1.807, 2.05) is 24.3 Å². The number of benzene rings is 1. The lowest BCUT2D eigenvalue weighted by Crippen LogP contribution is -2.42. The van der Waals surface area contributed by atoms with Gasteiger partial charge >= 0.3 is 6.18 Å². The molecule has 1 aromatic carbocycles. The fraction of sp³-hybridized carbons (Fsp3) is 0.611. The van der Waals surface area contributed by atoms with Crippen LogP contribution >= 0.6 is 0 Å². The normalized spacial score (nSPS) is 18.6. The minimum absolute atomic E-state index is 0.0768. The molecule has 0 radical (unpaired) electrons. The van der Waals surface area contributed by atoms with Crippen molar-refractivity contribution in [3.63, 3.8) is 0 Å². The Morgan fingerprint density at radius 1 is 1.33 bits per heavy atom. The van der Waals surface area contributed by atoms with Gasteiger partial charge in [0.15, 0.2) is 5.96 Å². The van der Waals surface area contributed by atoms with Crippen LogP contribution in [-0.2, 0) is 4.74 Å². The lowest BCUT2D eigenvalue weighted by molar-refractivity contribution is -0.143. The Bertz CT molecular complexity index is 611. The SMILES string of the molecule is CN=C(Nc1cccc(OCCCOC)c1)NC1CCN(CC(F)(F)F)C1. The van der Waals surface area contributed by atoms with E-state index in [0.717, 1.165) is 17.9 Å². The van der Waals surface area contributed by atoms with Gasteiger partial charge in [0.05, 0.1) is 13.2 Å². The summed E-state index contributed by atoms with van der Waals surface area (Å²) < 4.78 is 48.2. The number of alkyl halides is 3. The van der Waals surface area contributed by atoms with Crippen molar-refractivity contribution in [2.45, 2.75) is 25.1 Å². The first-order chi connectivity index (χ1) is 12.9. The number of halogens is 3. The smallest absolute Gasteiger partial charge is 0.401 e. The number of anilines is 1. The maximum Gasteiger partial charge on any atom is 0.401 e. The minimum atomic E-state index is -4.17. The highest BCUT2D eigenvalue weighted by molar-refractivity contribution is 5.93. The van der Waals surface area contributed by atoms with Crippen LogP contribution in [0.15, 0.2) is 29.3 Å². The molecule has 1 saturated heterocycles. The third-order valence-corrected chi connectivity index (χ3v) is 4.10. The van der Waals surface area contributed by atoms with Gasteiger partial charge in [0.25, 0.3) is 0 Å². The number of aliphatic imine (C=N–C) groups is 1. The van der Waals surface area contributed by atoms with Crippen molar-refractivity contribution in [2.75, 3.05) is 52.3 Å². The van der Waals surface area contributed by atoms with Crippen molar-refractivity contribution >= 4 is 11.6 Å². The molecule has 1 aliphatic heterocycles. The second kappa shape index (κ2) is 10.4. The van der Waals surface area contributed by atoms with Crippen molar-refractivity contribution in [3.05, 3.63) is 24.3 Å². The van der Waals surface area contributed by atoms with Crippen LogP contribution in [0.4, 0.5) is 18.9 Å². The van der Waals surface area contributed by atoms with Gasteiger partial charge in [-0.3, -0.25) is 9.89 Å². The molecule has 1 fully saturated rings. The molecule has 0 amide bonds. The molecule has 27 heavy (non-hydrogen) atoms. The summed E-state index contributed by atoms with van der Waals surface area (Å²) in [5.74, 6) is 1.24. The average molecular weight is 388 g/mol. The summed E-state index contributed by atoms with van der Waals surface area (Å²) >= 11 is 0. The van der Waals surface area contributed by atoms with Crippen LogP contribution in [0.2, 0.25) is 0 Å². The van der Waals surface area contributed by atoms with Crippen LogP contribution in [0.3, 0.4) is 0 Å². The standard InChI is InChI=1S/C18H27F3N4O2/c1-22-17(24-15-7-8-25(12-15)13-18(19,20)21)23-14-5-3-6-16(11-14)27-10-4-9-26-2/h3,5-6,11,15H,4,7-10,12-13H2,1-2H3,(H2,22,23,24). The lowest BCUT2D eigenvalue weighted by atomic mass is 10.2. The molecule has 1 heterocycles. The monoisotopic (exact) mass is 388 g/mol.